The zero-order chi connectivity index (χ0) is 17.5. The summed E-state index contributed by atoms with van der Waals surface area (Å²) in [5.41, 5.74) is 0.988. The maximum Gasteiger partial charge on any atom is 0.252 e. The number of hydrogen-bond acceptors (Lipinski definition) is 7. The molecule has 9 heteroatoms. The number of rotatable bonds is 4. The Morgan fingerprint density at radius 3 is 2.67 bits per heavy atom. The number of hydrogen-bond donors (Lipinski definition) is 0. The molecule has 1 aliphatic heterocycles. The van der Waals surface area contributed by atoms with E-state index >= 15 is 0 Å². The smallest absolute Gasteiger partial charge is 0.252 e. The highest BCUT2D eigenvalue weighted by Crippen LogP contribution is 2.31. The molecule has 132 valence electrons. The Morgan fingerprint density at radius 2 is 2.08 bits per heavy atom. The number of aryl methyl sites for hydroxylation is 2. The molecule has 0 amide bonds. The largest absolute Gasteiger partial charge is 0.422 e. The molecule has 2 aromatic rings. The summed E-state index contributed by atoms with van der Waals surface area (Å²) in [5.74, 6) is 0.974. The lowest BCUT2D eigenvalue weighted by Gasteiger charge is -2.30. The Morgan fingerprint density at radius 1 is 1.33 bits per heavy atom. The van der Waals surface area contributed by atoms with E-state index in [1.807, 2.05) is 27.7 Å². The minimum absolute atomic E-state index is 0.117. The molecule has 0 spiro atoms. The van der Waals surface area contributed by atoms with Crippen molar-refractivity contribution in [3.05, 3.63) is 28.3 Å². The van der Waals surface area contributed by atoms with Crippen LogP contribution in [-0.4, -0.2) is 42.6 Å². The van der Waals surface area contributed by atoms with Gasteiger partial charge in [-0.15, -0.1) is 21.5 Å². The second kappa shape index (κ2) is 6.55. The Balaban J connectivity index is 1.82. The molecule has 0 aliphatic carbocycles. The van der Waals surface area contributed by atoms with Gasteiger partial charge in [0.05, 0.1) is 6.61 Å². The normalized spacial score (nSPS) is 20.0. The van der Waals surface area contributed by atoms with Crippen molar-refractivity contribution in [2.45, 2.75) is 43.9 Å². The second-order valence-corrected chi connectivity index (χ2v) is 9.58. The Bertz CT molecular complexity index is 806. The predicted molar refractivity (Wildman–Crippen MR) is 89.6 cm³/mol. The lowest BCUT2D eigenvalue weighted by Crippen LogP contribution is -2.42. The van der Waals surface area contributed by atoms with E-state index < -0.39 is 16.1 Å². The monoisotopic (exact) mass is 371 g/mol. The standard InChI is InChI=1S/C15H21N3O4S2/c1-9(2)14-16-17-15(22-14)12-8-18(5-6-21-12)24(19,20)13-7-10(3)11(4)23-13/h7,9,12H,5-6,8H2,1-4H3. The van der Waals surface area contributed by atoms with E-state index in [2.05, 4.69) is 10.2 Å². The fraction of sp³-hybridized carbons (Fsp3) is 0.600. The van der Waals surface area contributed by atoms with Gasteiger partial charge in [-0.05, 0) is 25.5 Å². The Labute approximate surface area is 145 Å². The number of aromatic nitrogens is 2. The van der Waals surface area contributed by atoms with E-state index in [4.69, 9.17) is 9.15 Å². The van der Waals surface area contributed by atoms with Gasteiger partial charge in [0.15, 0.2) is 0 Å². The third-order valence-corrected chi connectivity index (χ3v) is 7.46. The van der Waals surface area contributed by atoms with Crippen LogP contribution < -0.4 is 0 Å². The van der Waals surface area contributed by atoms with E-state index in [9.17, 15) is 8.42 Å². The van der Waals surface area contributed by atoms with Crippen LogP contribution in [0.1, 0.15) is 48.1 Å². The van der Waals surface area contributed by atoms with Gasteiger partial charge in [0, 0.05) is 23.9 Å². The van der Waals surface area contributed by atoms with Crippen LogP contribution in [0.25, 0.3) is 0 Å². The molecule has 24 heavy (non-hydrogen) atoms. The number of morpholine rings is 1. The van der Waals surface area contributed by atoms with E-state index in [1.54, 1.807) is 6.07 Å². The van der Waals surface area contributed by atoms with Gasteiger partial charge in [-0.3, -0.25) is 0 Å². The number of nitrogens with zero attached hydrogens (tertiary/aromatic N) is 3. The maximum atomic E-state index is 12.9. The lowest BCUT2D eigenvalue weighted by atomic mass is 10.2. The van der Waals surface area contributed by atoms with Crippen LogP contribution in [-0.2, 0) is 14.8 Å². The van der Waals surface area contributed by atoms with Crippen molar-refractivity contribution in [1.82, 2.24) is 14.5 Å². The van der Waals surface area contributed by atoms with Gasteiger partial charge in [-0.2, -0.15) is 4.31 Å². The van der Waals surface area contributed by atoms with E-state index in [-0.39, 0.29) is 12.5 Å². The third kappa shape index (κ3) is 3.26. The summed E-state index contributed by atoms with van der Waals surface area (Å²) < 4.78 is 38.8. The molecule has 1 aliphatic rings. The molecule has 0 N–H and O–H groups in total. The van der Waals surface area contributed by atoms with Crippen molar-refractivity contribution >= 4 is 21.4 Å². The van der Waals surface area contributed by atoms with E-state index in [1.165, 1.54) is 15.6 Å². The second-order valence-electron chi connectivity index (χ2n) is 6.16. The van der Waals surface area contributed by atoms with Gasteiger partial charge >= 0.3 is 0 Å². The first-order valence-corrected chi connectivity index (χ1v) is 10.1. The molecule has 0 radical (unpaired) electrons. The average molecular weight is 371 g/mol. The minimum Gasteiger partial charge on any atom is -0.422 e. The van der Waals surface area contributed by atoms with Crippen LogP contribution in [0.15, 0.2) is 14.7 Å². The minimum atomic E-state index is -3.53. The Kier molecular flexibility index (Phi) is 4.78. The summed E-state index contributed by atoms with van der Waals surface area (Å²) in [6.45, 7) is 8.55. The van der Waals surface area contributed by atoms with Gasteiger partial charge in [0.25, 0.3) is 10.0 Å². The van der Waals surface area contributed by atoms with Gasteiger partial charge in [0.1, 0.15) is 10.3 Å². The van der Waals surface area contributed by atoms with Crippen molar-refractivity contribution in [2.24, 2.45) is 0 Å². The fourth-order valence-electron chi connectivity index (χ4n) is 2.40. The lowest BCUT2D eigenvalue weighted by molar-refractivity contribution is -0.0178. The molecule has 2 aromatic heterocycles. The molecule has 0 aromatic carbocycles. The highest BCUT2D eigenvalue weighted by atomic mass is 32.2. The van der Waals surface area contributed by atoms with Crippen molar-refractivity contribution in [3.8, 4) is 0 Å². The summed E-state index contributed by atoms with van der Waals surface area (Å²) in [5, 5.41) is 8.00. The topological polar surface area (TPSA) is 85.5 Å². The molecule has 3 rings (SSSR count). The van der Waals surface area contributed by atoms with Gasteiger partial charge in [0.2, 0.25) is 11.8 Å². The molecule has 0 bridgehead atoms. The highest BCUT2D eigenvalue weighted by Gasteiger charge is 2.35. The molecule has 1 unspecified atom stereocenters. The average Bonchev–Trinajstić information content (AvgIpc) is 3.16. The predicted octanol–water partition coefficient (Wildman–Crippen LogP) is 2.63. The quantitative estimate of drug-likeness (QED) is 0.821. The fourth-order valence-corrected chi connectivity index (χ4v) is 5.49. The molecular formula is C15H21N3O4S2. The van der Waals surface area contributed by atoms with Crippen LogP contribution >= 0.6 is 11.3 Å². The number of sulfonamides is 1. The summed E-state index contributed by atoms with van der Waals surface area (Å²) in [7, 11) is -3.53. The highest BCUT2D eigenvalue weighted by molar-refractivity contribution is 7.91. The molecule has 3 heterocycles. The summed E-state index contributed by atoms with van der Waals surface area (Å²) in [4.78, 5) is 1.01. The summed E-state index contributed by atoms with van der Waals surface area (Å²) in [6, 6.07) is 1.73. The Hall–Kier alpha value is -1.29. The van der Waals surface area contributed by atoms with Crippen molar-refractivity contribution in [2.75, 3.05) is 19.7 Å². The molecule has 1 atom stereocenters. The van der Waals surface area contributed by atoms with E-state index in [0.717, 1.165) is 10.4 Å². The first kappa shape index (κ1) is 17.5. The first-order chi connectivity index (χ1) is 11.3. The number of thiophene rings is 1. The van der Waals surface area contributed by atoms with Gasteiger partial charge < -0.3 is 9.15 Å². The SMILES string of the molecule is Cc1cc(S(=O)(=O)N2CCOC(c3nnc(C(C)C)o3)C2)sc1C. The number of ether oxygens (including phenoxy) is 1. The molecule has 7 nitrogen and oxygen atoms in total. The zero-order valence-corrected chi connectivity index (χ0v) is 15.8. The molecule has 0 saturated carbocycles. The zero-order valence-electron chi connectivity index (χ0n) is 14.1. The molecule has 1 saturated heterocycles. The first-order valence-electron chi connectivity index (χ1n) is 7.81. The van der Waals surface area contributed by atoms with Crippen LogP contribution in [0.3, 0.4) is 0 Å². The third-order valence-electron chi connectivity index (χ3n) is 3.99. The summed E-state index contributed by atoms with van der Waals surface area (Å²) in [6.07, 6.45) is -0.532. The van der Waals surface area contributed by atoms with Crippen LogP contribution in [0, 0.1) is 13.8 Å². The van der Waals surface area contributed by atoms with Crippen molar-refractivity contribution in [3.63, 3.8) is 0 Å². The van der Waals surface area contributed by atoms with Crippen LogP contribution in [0.2, 0.25) is 0 Å². The summed E-state index contributed by atoms with van der Waals surface area (Å²) >= 11 is 1.30. The maximum absolute atomic E-state index is 12.9. The van der Waals surface area contributed by atoms with Crippen molar-refractivity contribution < 1.29 is 17.6 Å². The van der Waals surface area contributed by atoms with Crippen LogP contribution in [0.5, 0.6) is 0 Å². The molecule has 1 fully saturated rings. The van der Waals surface area contributed by atoms with E-state index in [0.29, 0.717) is 29.1 Å². The van der Waals surface area contributed by atoms with Crippen molar-refractivity contribution in [1.29, 1.82) is 0 Å². The van der Waals surface area contributed by atoms with Gasteiger partial charge in [-0.25, -0.2) is 8.42 Å². The van der Waals surface area contributed by atoms with Crippen LogP contribution in [0.4, 0.5) is 0 Å². The molecular weight excluding hydrogens is 350 g/mol. The van der Waals surface area contributed by atoms with Gasteiger partial charge in [-0.1, -0.05) is 13.8 Å².